The summed E-state index contributed by atoms with van der Waals surface area (Å²) in [5, 5.41) is 0. The van der Waals surface area contributed by atoms with Crippen molar-refractivity contribution >= 4 is 21.9 Å². The van der Waals surface area contributed by atoms with Gasteiger partial charge in [0.1, 0.15) is 19.0 Å². The summed E-state index contributed by atoms with van der Waals surface area (Å²) >= 11 is 3.41. The molecule has 0 bridgehead atoms. The highest BCUT2D eigenvalue weighted by Gasteiger charge is 2.26. The molecule has 0 amide bonds. The third-order valence-electron chi connectivity index (χ3n) is 2.69. The van der Waals surface area contributed by atoms with Crippen LogP contribution in [0.25, 0.3) is 0 Å². The molecule has 0 fully saturated rings. The largest absolute Gasteiger partial charge is 0.490 e. The first kappa shape index (κ1) is 14.3. The Balaban J connectivity index is 1.92. The number of benzene rings is 1. The Kier molecular flexibility index (Phi) is 5.18. The lowest BCUT2D eigenvalue weighted by atomic mass is 10.1. The van der Waals surface area contributed by atoms with Crippen LogP contribution in [-0.2, 0) is 20.8 Å². The molecule has 1 heterocycles. The standard InChI is InChI=1S/C13H15BrO5/c1-16-4-5-17-6-7-18-12-10-8-19-13(15)9(10)2-3-11(12)14/h2-3H,4-8H2,1H3. The van der Waals surface area contributed by atoms with Gasteiger partial charge in [0.25, 0.3) is 0 Å². The molecule has 5 nitrogen and oxygen atoms in total. The zero-order chi connectivity index (χ0) is 13.7. The van der Waals surface area contributed by atoms with Gasteiger partial charge in [-0.3, -0.25) is 0 Å². The van der Waals surface area contributed by atoms with E-state index in [0.29, 0.717) is 37.7 Å². The number of fused-ring (bicyclic) bond motifs is 1. The van der Waals surface area contributed by atoms with E-state index >= 15 is 0 Å². The van der Waals surface area contributed by atoms with Crippen LogP contribution in [0.5, 0.6) is 5.75 Å². The van der Waals surface area contributed by atoms with E-state index in [2.05, 4.69) is 15.9 Å². The molecule has 1 aromatic rings. The number of carbonyl (C=O) groups is 1. The van der Waals surface area contributed by atoms with E-state index in [1.165, 1.54) is 0 Å². The molecule has 19 heavy (non-hydrogen) atoms. The molecule has 0 radical (unpaired) electrons. The van der Waals surface area contributed by atoms with Gasteiger partial charge in [0, 0.05) is 12.7 Å². The topological polar surface area (TPSA) is 54.0 Å². The molecular weight excluding hydrogens is 316 g/mol. The van der Waals surface area contributed by atoms with E-state index in [1.807, 2.05) is 0 Å². The lowest BCUT2D eigenvalue weighted by Gasteiger charge is -2.11. The van der Waals surface area contributed by atoms with Gasteiger partial charge in [-0.05, 0) is 28.1 Å². The van der Waals surface area contributed by atoms with Crippen molar-refractivity contribution in [3.8, 4) is 5.75 Å². The highest BCUT2D eigenvalue weighted by molar-refractivity contribution is 9.10. The highest BCUT2D eigenvalue weighted by atomic mass is 79.9. The van der Waals surface area contributed by atoms with E-state index in [1.54, 1.807) is 19.2 Å². The van der Waals surface area contributed by atoms with Crippen LogP contribution in [0.2, 0.25) is 0 Å². The summed E-state index contributed by atoms with van der Waals surface area (Å²) in [6.45, 7) is 2.23. The van der Waals surface area contributed by atoms with Crippen LogP contribution in [0.4, 0.5) is 0 Å². The maximum Gasteiger partial charge on any atom is 0.339 e. The smallest absolute Gasteiger partial charge is 0.339 e. The van der Waals surface area contributed by atoms with Crippen LogP contribution in [0.1, 0.15) is 15.9 Å². The molecule has 1 aromatic carbocycles. The second-order valence-corrected chi connectivity index (χ2v) is 4.79. The maximum atomic E-state index is 11.4. The second-order valence-electron chi connectivity index (χ2n) is 3.93. The Hall–Kier alpha value is -1.11. The SMILES string of the molecule is COCCOCCOc1c(Br)ccc2c1COC2=O. The van der Waals surface area contributed by atoms with Gasteiger partial charge in [0.2, 0.25) is 0 Å². The van der Waals surface area contributed by atoms with Crippen LogP contribution in [-0.4, -0.2) is 39.5 Å². The third kappa shape index (κ3) is 3.46. The third-order valence-corrected chi connectivity index (χ3v) is 3.31. The van der Waals surface area contributed by atoms with Crippen molar-refractivity contribution in [2.45, 2.75) is 6.61 Å². The van der Waals surface area contributed by atoms with Gasteiger partial charge in [0.15, 0.2) is 0 Å². The zero-order valence-electron chi connectivity index (χ0n) is 10.6. The van der Waals surface area contributed by atoms with Crippen LogP contribution >= 0.6 is 15.9 Å². The van der Waals surface area contributed by atoms with Crippen LogP contribution in [0.15, 0.2) is 16.6 Å². The van der Waals surface area contributed by atoms with Gasteiger partial charge >= 0.3 is 5.97 Å². The minimum Gasteiger partial charge on any atom is -0.490 e. The summed E-state index contributed by atoms with van der Waals surface area (Å²) in [5.74, 6) is 0.349. The first-order chi connectivity index (χ1) is 9.24. The van der Waals surface area contributed by atoms with E-state index in [-0.39, 0.29) is 12.6 Å². The number of esters is 1. The number of hydrogen-bond donors (Lipinski definition) is 0. The number of carbonyl (C=O) groups excluding carboxylic acids is 1. The number of cyclic esters (lactones) is 1. The Bertz CT molecular complexity index is 461. The lowest BCUT2D eigenvalue weighted by Crippen LogP contribution is -2.11. The predicted octanol–water partition coefficient (Wildman–Crippen LogP) is 2.16. The number of methoxy groups -OCH3 is 1. The van der Waals surface area contributed by atoms with E-state index in [9.17, 15) is 4.79 Å². The van der Waals surface area contributed by atoms with Crippen LogP contribution in [0.3, 0.4) is 0 Å². The van der Waals surface area contributed by atoms with Crippen LogP contribution in [0, 0.1) is 0 Å². The Labute approximate surface area is 119 Å². The van der Waals surface area contributed by atoms with E-state index in [4.69, 9.17) is 18.9 Å². The summed E-state index contributed by atoms with van der Waals surface area (Å²) in [6.07, 6.45) is 0. The first-order valence-corrected chi connectivity index (χ1v) is 6.71. The Morgan fingerprint density at radius 3 is 2.84 bits per heavy atom. The van der Waals surface area contributed by atoms with Crippen molar-refractivity contribution in [1.82, 2.24) is 0 Å². The highest BCUT2D eigenvalue weighted by Crippen LogP contribution is 2.35. The quantitative estimate of drug-likeness (QED) is 0.566. The molecule has 0 saturated heterocycles. The number of halogens is 1. The summed E-state index contributed by atoms with van der Waals surface area (Å²) in [5.41, 5.74) is 1.36. The summed E-state index contributed by atoms with van der Waals surface area (Å²) in [7, 11) is 1.63. The molecule has 0 aromatic heterocycles. The predicted molar refractivity (Wildman–Crippen MR) is 71.5 cm³/mol. The summed E-state index contributed by atoms with van der Waals surface area (Å²) < 4.78 is 21.6. The normalized spacial score (nSPS) is 13.3. The first-order valence-electron chi connectivity index (χ1n) is 5.92. The molecule has 0 N–H and O–H groups in total. The molecule has 104 valence electrons. The van der Waals surface area contributed by atoms with Crippen molar-refractivity contribution in [1.29, 1.82) is 0 Å². The summed E-state index contributed by atoms with van der Waals surface area (Å²) in [4.78, 5) is 11.4. The number of rotatable bonds is 7. The molecule has 6 heteroatoms. The minimum atomic E-state index is -0.302. The molecule has 0 saturated carbocycles. The summed E-state index contributed by atoms with van der Waals surface area (Å²) in [6, 6.07) is 3.52. The zero-order valence-corrected chi connectivity index (χ0v) is 12.2. The van der Waals surface area contributed by atoms with Crippen molar-refractivity contribution in [3.05, 3.63) is 27.7 Å². The molecule has 1 aliphatic heterocycles. The fourth-order valence-corrected chi connectivity index (χ4v) is 2.24. The minimum absolute atomic E-state index is 0.257. The van der Waals surface area contributed by atoms with Gasteiger partial charge in [0.05, 0.1) is 29.9 Å². The van der Waals surface area contributed by atoms with Gasteiger partial charge < -0.3 is 18.9 Å². The maximum absolute atomic E-state index is 11.4. The van der Waals surface area contributed by atoms with Crippen LogP contribution < -0.4 is 4.74 Å². The molecular formula is C13H15BrO5. The molecule has 0 aliphatic carbocycles. The number of ether oxygens (including phenoxy) is 4. The monoisotopic (exact) mass is 330 g/mol. The van der Waals surface area contributed by atoms with Gasteiger partial charge in [-0.1, -0.05) is 0 Å². The van der Waals surface area contributed by atoms with Gasteiger partial charge in [-0.15, -0.1) is 0 Å². The van der Waals surface area contributed by atoms with Crippen molar-refractivity contribution < 1.29 is 23.7 Å². The van der Waals surface area contributed by atoms with Gasteiger partial charge in [-0.25, -0.2) is 4.79 Å². The van der Waals surface area contributed by atoms with Crippen molar-refractivity contribution in [3.63, 3.8) is 0 Å². The molecule has 0 unspecified atom stereocenters. The van der Waals surface area contributed by atoms with Crippen molar-refractivity contribution in [2.24, 2.45) is 0 Å². The van der Waals surface area contributed by atoms with Crippen molar-refractivity contribution in [2.75, 3.05) is 33.5 Å². The molecule has 0 spiro atoms. The lowest BCUT2D eigenvalue weighted by molar-refractivity contribution is 0.0517. The van der Waals surface area contributed by atoms with Gasteiger partial charge in [-0.2, -0.15) is 0 Å². The Morgan fingerprint density at radius 1 is 1.26 bits per heavy atom. The fraction of sp³-hybridized carbons (Fsp3) is 0.462. The average Bonchev–Trinajstić information content (AvgIpc) is 2.77. The Morgan fingerprint density at radius 2 is 2.05 bits per heavy atom. The molecule has 1 aliphatic rings. The molecule has 0 atom stereocenters. The molecule has 2 rings (SSSR count). The van der Waals surface area contributed by atoms with E-state index < -0.39 is 0 Å². The second kappa shape index (κ2) is 6.88. The van der Waals surface area contributed by atoms with E-state index in [0.717, 1.165) is 10.0 Å². The average molecular weight is 331 g/mol. The fourth-order valence-electron chi connectivity index (χ4n) is 1.75. The number of hydrogen-bond acceptors (Lipinski definition) is 5.